The van der Waals surface area contributed by atoms with Gasteiger partial charge in [-0.25, -0.2) is 19.3 Å². The van der Waals surface area contributed by atoms with Crippen LogP contribution >= 0.6 is 11.6 Å². The van der Waals surface area contributed by atoms with E-state index in [1.165, 1.54) is 12.1 Å². The molecular weight excluding hydrogens is 431 g/mol. The molecule has 3 aromatic rings. The fourth-order valence-electron chi connectivity index (χ4n) is 4.87. The van der Waals surface area contributed by atoms with Gasteiger partial charge in [0.15, 0.2) is 5.82 Å². The van der Waals surface area contributed by atoms with E-state index in [0.29, 0.717) is 34.5 Å². The van der Waals surface area contributed by atoms with Crippen molar-refractivity contribution >= 4 is 17.5 Å². The summed E-state index contributed by atoms with van der Waals surface area (Å²) in [5.74, 6) is 0.624. The van der Waals surface area contributed by atoms with Crippen molar-refractivity contribution in [3.8, 4) is 17.3 Å². The first kappa shape index (κ1) is 20.8. The summed E-state index contributed by atoms with van der Waals surface area (Å²) in [5.41, 5.74) is 1.19. The summed E-state index contributed by atoms with van der Waals surface area (Å²) in [6.45, 7) is 0.435. The number of carbonyl (C=O) groups excluding carboxylic acids is 1. The average molecular weight is 453 g/mol. The molecule has 8 heteroatoms. The Morgan fingerprint density at radius 1 is 1.09 bits per heavy atom. The maximum Gasteiger partial charge on any atom is 0.255 e. The van der Waals surface area contributed by atoms with Crippen molar-refractivity contribution in [3.63, 3.8) is 0 Å². The van der Waals surface area contributed by atoms with Crippen LogP contribution < -0.4 is 4.74 Å². The second kappa shape index (κ2) is 8.82. The Kier molecular flexibility index (Phi) is 5.74. The van der Waals surface area contributed by atoms with Gasteiger partial charge in [0.2, 0.25) is 5.88 Å². The fraction of sp³-hybridized carbons (Fsp3) is 0.333. The third-order valence-corrected chi connectivity index (χ3v) is 6.60. The minimum atomic E-state index is -0.398. The Balaban J connectivity index is 1.39. The molecule has 2 saturated heterocycles. The Hall–Kier alpha value is -3.06. The van der Waals surface area contributed by atoms with Crippen LogP contribution in [0.2, 0.25) is 5.02 Å². The van der Waals surface area contributed by atoms with Crippen molar-refractivity contribution < 1.29 is 13.9 Å². The predicted octanol–water partition coefficient (Wildman–Crippen LogP) is 4.79. The number of nitrogens with zero attached hydrogens (tertiary/aromatic N) is 4. The molecule has 0 spiro atoms. The lowest BCUT2D eigenvalue weighted by atomic mass is 9.90. The van der Waals surface area contributed by atoms with E-state index in [9.17, 15) is 9.18 Å². The molecule has 0 N–H and O–H groups in total. The summed E-state index contributed by atoms with van der Waals surface area (Å²) in [6.07, 6.45) is 8.26. The number of fused-ring (bicyclic) bond motifs is 2. The molecule has 1 amide bonds. The van der Waals surface area contributed by atoms with Crippen LogP contribution in [0.3, 0.4) is 0 Å². The predicted molar refractivity (Wildman–Crippen MR) is 118 cm³/mol. The minimum Gasteiger partial charge on any atom is -0.477 e. The molecule has 4 heterocycles. The number of rotatable bonds is 5. The number of halogens is 2. The van der Waals surface area contributed by atoms with Crippen LogP contribution in [-0.2, 0) is 0 Å². The number of benzene rings is 1. The molecule has 3 unspecified atom stereocenters. The number of aromatic nitrogens is 3. The molecule has 0 aliphatic carbocycles. The fourth-order valence-corrected chi connectivity index (χ4v) is 5.05. The van der Waals surface area contributed by atoms with Crippen molar-refractivity contribution in [3.05, 3.63) is 71.4 Å². The highest BCUT2D eigenvalue weighted by molar-refractivity contribution is 6.31. The van der Waals surface area contributed by atoms with Crippen LogP contribution in [0, 0.1) is 11.7 Å². The highest BCUT2D eigenvalue weighted by atomic mass is 35.5. The molecule has 1 aromatic carbocycles. The first-order valence-corrected chi connectivity index (χ1v) is 11.1. The van der Waals surface area contributed by atoms with Gasteiger partial charge in [0, 0.05) is 47.0 Å². The second-order valence-corrected chi connectivity index (χ2v) is 8.67. The normalized spacial score (nSPS) is 22.1. The van der Waals surface area contributed by atoms with Crippen molar-refractivity contribution in [2.24, 2.45) is 5.92 Å². The van der Waals surface area contributed by atoms with Crippen LogP contribution in [-0.4, -0.2) is 44.4 Å². The lowest BCUT2D eigenvalue weighted by Crippen LogP contribution is -2.49. The summed E-state index contributed by atoms with van der Waals surface area (Å²) in [5, 5.41) is 0.500. The quantitative estimate of drug-likeness (QED) is 0.556. The first-order valence-electron chi connectivity index (χ1n) is 10.7. The number of piperidine rings is 1. The molecule has 2 fully saturated rings. The minimum absolute atomic E-state index is 0.0490. The molecule has 2 bridgehead atoms. The number of hydrogen-bond donors (Lipinski definition) is 0. The molecular formula is C24H22ClFN4O2. The average Bonchev–Trinajstić information content (AvgIpc) is 3.13. The van der Waals surface area contributed by atoms with Gasteiger partial charge in [-0.15, -0.1) is 0 Å². The topological polar surface area (TPSA) is 68.2 Å². The van der Waals surface area contributed by atoms with E-state index in [4.69, 9.17) is 16.3 Å². The maximum absolute atomic E-state index is 13.8. The Bertz CT molecular complexity index is 1110. The van der Waals surface area contributed by atoms with E-state index in [0.717, 1.165) is 31.9 Å². The van der Waals surface area contributed by atoms with Gasteiger partial charge >= 0.3 is 0 Å². The number of hydrogen-bond acceptors (Lipinski definition) is 5. The highest BCUT2D eigenvalue weighted by Gasteiger charge is 2.45. The Morgan fingerprint density at radius 2 is 1.91 bits per heavy atom. The van der Waals surface area contributed by atoms with Crippen molar-refractivity contribution in [2.75, 3.05) is 6.61 Å². The van der Waals surface area contributed by atoms with Crippen LogP contribution in [0.25, 0.3) is 11.4 Å². The summed E-state index contributed by atoms with van der Waals surface area (Å²) in [4.78, 5) is 28.4. The second-order valence-electron chi connectivity index (χ2n) is 8.24. The van der Waals surface area contributed by atoms with Gasteiger partial charge in [-0.2, -0.15) is 0 Å². The Labute approximate surface area is 190 Å². The van der Waals surface area contributed by atoms with E-state index in [-0.39, 0.29) is 23.9 Å². The van der Waals surface area contributed by atoms with Gasteiger partial charge in [0.05, 0.1) is 18.4 Å². The monoisotopic (exact) mass is 452 g/mol. The van der Waals surface area contributed by atoms with Gasteiger partial charge in [0.25, 0.3) is 5.91 Å². The third-order valence-electron chi connectivity index (χ3n) is 6.36. The Morgan fingerprint density at radius 3 is 2.69 bits per heavy atom. The first-order chi connectivity index (χ1) is 15.6. The highest BCUT2D eigenvalue weighted by Crippen LogP contribution is 2.41. The molecule has 3 atom stereocenters. The van der Waals surface area contributed by atoms with E-state index in [1.54, 1.807) is 36.7 Å². The van der Waals surface area contributed by atoms with Crippen LogP contribution in [0.5, 0.6) is 5.88 Å². The van der Waals surface area contributed by atoms with Crippen LogP contribution in [0.4, 0.5) is 4.39 Å². The molecule has 2 aliphatic rings. The number of ether oxygens (including phenoxy) is 1. The largest absolute Gasteiger partial charge is 0.477 e. The zero-order chi connectivity index (χ0) is 22.1. The van der Waals surface area contributed by atoms with Crippen LogP contribution in [0.15, 0.2) is 55.0 Å². The van der Waals surface area contributed by atoms with E-state index < -0.39 is 5.82 Å². The summed E-state index contributed by atoms with van der Waals surface area (Å²) >= 11 is 6.27. The standard InChI is InChI=1S/C24H22ClFN4O2/c25-16-3-7-19(23-27-10-1-11-28-23)20(12-16)24(31)30-18-5-2-15(21(30)8-6-18)14-32-22-9-4-17(26)13-29-22/h1,3-4,7,9-13,15,18,21H,2,5-6,8,14H2. The van der Waals surface area contributed by atoms with E-state index in [1.807, 2.05) is 4.90 Å². The number of carbonyl (C=O) groups is 1. The lowest BCUT2D eigenvalue weighted by molar-refractivity contribution is 0.0403. The molecule has 32 heavy (non-hydrogen) atoms. The zero-order valence-electron chi connectivity index (χ0n) is 17.3. The SMILES string of the molecule is O=C(c1cc(Cl)ccc1-c1ncccn1)N1C2CCC(COc3ccc(F)cn3)C1CC2. The molecule has 164 valence electrons. The van der Waals surface area contributed by atoms with Gasteiger partial charge < -0.3 is 9.64 Å². The zero-order valence-corrected chi connectivity index (χ0v) is 18.1. The number of amides is 1. The van der Waals surface area contributed by atoms with Crippen molar-refractivity contribution in [1.82, 2.24) is 19.9 Å². The third kappa shape index (κ3) is 4.05. The van der Waals surface area contributed by atoms with Crippen LogP contribution in [0.1, 0.15) is 36.0 Å². The van der Waals surface area contributed by atoms with Gasteiger partial charge in [-0.3, -0.25) is 4.79 Å². The van der Waals surface area contributed by atoms with E-state index in [2.05, 4.69) is 15.0 Å². The molecule has 6 nitrogen and oxygen atoms in total. The van der Waals surface area contributed by atoms with Gasteiger partial charge in [-0.05, 0) is 56.0 Å². The molecule has 2 aromatic heterocycles. The smallest absolute Gasteiger partial charge is 0.255 e. The van der Waals surface area contributed by atoms with E-state index >= 15 is 0 Å². The maximum atomic E-state index is 13.8. The summed E-state index contributed by atoms with van der Waals surface area (Å²) in [6, 6.07) is 10.1. The number of pyridine rings is 1. The summed E-state index contributed by atoms with van der Waals surface area (Å²) in [7, 11) is 0. The van der Waals surface area contributed by atoms with Gasteiger partial charge in [-0.1, -0.05) is 11.6 Å². The molecule has 5 rings (SSSR count). The molecule has 0 saturated carbocycles. The van der Waals surface area contributed by atoms with Crippen molar-refractivity contribution in [1.29, 1.82) is 0 Å². The lowest BCUT2D eigenvalue weighted by Gasteiger charge is -2.40. The molecule has 0 radical (unpaired) electrons. The van der Waals surface area contributed by atoms with Crippen molar-refractivity contribution in [2.45, 2.75) is 37.8 Å². The summed E-state index contributed by atoms with van der Waals surface area (Å²) < 4.78 is 18.9. The van der Waals surface area contributed by atoms with Gasteiger partial charge in [0.1, 0.15) is 5.82 Å². The molecule has 2 aliphatic heterocycles.